The number of carbonyl (C=O) groups excluding carboxylic acids is 1. The fourth-order valence-electron chi connectivity index (χ4n) is 1.41. The molecule has 0 radical (unpaired) electrons. The fourth-order valence-corrected chi connectivity index (χ4v) is 1.41. The quantitative estimate of drug-likeness (QED) is 0.760. The fraction of sp³-hybridized carbons (Fsp3) is 0.417. The van der Waals surface area contributed by atoms with E-state index in [-0.39, 0.29) is 23.0 Å². The maximum absolute atomic E-state index is 13.4. The van der Waals surface area contributed by atoms with Gasteiger partial charge in [0, 0.05) is 19.7 Å². The van der Waals surface area contributed by atoms with E-state index in [9.17, 15) is 13.6 Å². The summed E-state index contributed by atoms with van der Waals surface area (Å²) in [4.78, 5) is 12.9. The molecule has 0 fully saturated rings. The van der Waals surface area contributed by atoms with Crippen LogP contribution in [0.25, 0.3) is 0 Å². The highest BCUT2D eigenvalue weighted by molar-refractivity contribution is 5.94. The van der Waals surface area contributed by atoms with Crippen LogP contribution in [0, 0.1) is 11.6 Å². The van der Waals surface area contributed by atoms with E-state index in [1.807, 2.05) is 0 Å². The lowest BCUT2D eigenvalue weighted by atomic mass is 9.99. The maximum Gasteiger partial charge on any atom is 0.253 e. The third-order valence-corrected chi connectivity index (χ3v) is 2.33. The van der Waals surface area contributed by atoms with Gasteiger partial charge in [-0.05, 0) is 23.6 Å². The molecular weight excluding hydrogens is 212 g/mol. The van der Waals surface area contributed by atoms with E-state index in [4.69, 9.17) is 0 Å². The average molecular weight is 227 g/mol. The molecule has 1 rings (SSSR count). The number of halogens is 2. The average Bonchev–Trinajstić information content (AvgIpc) is 2.20. The van der Waals surface area contributed by atoms with Crippen molar-refractivity contribution in [3.63, 3.8) is 0 Å². The van der Waals surface area contributed by atoms with Crippen molar-refractivity contribution in [3.8, 4) is 0 Å². The van der Waals surface area contributed by atoms with Crippen LogP contribution in [0.15, 0.2) is 12.1 Å². The predicted molar refractivity (Wildman–Crippen MR) is 58.5 cm³/mol. The van der Waals surface area contributed by atoms with Gasteiger partial charge in [0.2, 0.25) is 0 Å². The standard InChI is InChI=1S/C12H15F2NO/c1-7(2)9-5-8(12(16)15(3)4)6-10(13)11(9)14/h5-7H,1-4H3. The SMILES string of the molecule is CC(C)c1cc(C(=O)N(C)C)cc(F)c1F. The zero-order valence-corrected chi connectivity index (χ0v) is 9.84. The highest BCUT2D eigenvalue weighted by Gasteiger charge is 2.17. The van der Waals surface area contributed by atoms with Gasteiger partial charge in [-0.1, -0.05) is 13.8 Å². The van der Waals surface area contributed by atoms with Gasteiger partial charge < -0.3 is 4.90 Å². The Balaban J connectivity index is 3.29. The number of hydrogen-bond donors (Lipinski definition) is 0. The second-order valence-electron chi connectivity index (χ2n) is 4.22. The van der Waals surface area contributed by atoms with Gasteiger partial charge in [0.25, 0.3) is 5.91 Å². The van der Waals surface area contributed by atoms with E-state index in [2.05, 4.69) is 0 Å². The van der Waals surface area contributed by atoms with Gasteiger partial charge in [-0.15, -0.1) is 0 Å². The van der Waals surface area contributed by atoms with Crippen molar-refractivity contribution in [3.05, 3.63) is 34.9 Å². The molecule has 0 atom stereocenters. The summed E-state index contributed by atoms with van der Waals surface area (Å²) in [5.41, 5.74) is 0.401. The van der Waals surface area contributed by atoms with E-state index in [0.717, 1.165) is 6.07 Å². The van der Waals surface area contributed by atoms with Crippen molar-refractivity contribution >= 4 is 5.91 Å². The highest BCUT2D eigenvalue weighted by Crippen LogP contribution is 2.23. The van der Waals surface area contributed by atoms with Gasteiger partial charge in [-0.3, -0.25) is 4.79 Å². The third-order valence-electron chi connectivity index (χ3n) is 2.33. The predicted octanol–water partition coefficient (Wildman–Crippen LogP) is 2.79. The van der Waals surface area contributed by atoms with Crippen LogP contribution in [-0.2, 0) is 0 Å². The molecule has 0 bridgehead atoms. The van der Waals surface area contributed by atoms with Gasteiger partial charge >= 0.3 is 0 Å². The Morgan fingerprint density at radius 3 is 2.25 bits per heavy atom. The van der Waals surface area contributed by atoms with Crippen LogP contribution in [0.1, 0.15) is 35.7 Å². The van der Waals surface area contributed by atoms with Crippen LogP contribution in [0.3, 0.4) is 0 Å². The van der Waals surface area contributed by atoms with Gasteiger partial charge in [-0.25, -0.2) is 8.78 Å². The molecule has 4 heteroatoms. The van der Waals surface area contributed by atoms with Crippen LogP contribution < -0.4 is 0 Å². The number of benzene rings is 1. The minimum absolute atomic E-state index is 0.163. The Kier molecular flexibility index (Phi) is 3.62. The summed E-state index contributed by atoms with van der Waals surface area (Å²) >= 11 is 0. The van der Waals surface area contributed by atoms with E-state index in [1.165, 1.54) is 11.0 Å². The lowest BCUT2D eigenvalue weighted by Crippen LogP contribution is -2.22. The second kappa shape index (κ2) is 4.60. The molecule has 88 valence electrons. The molecule has 0 spiro atoms. The van der Waals surface area contributed by atoms with Crippen molar-refractivity contribution in [2.75, 3.05) is 14.1 Å². The molecular formula is C12H15F2NO. The van der Waals surface area contributed by atoms with Crippen LogP contribution in [0.4, 0.5) is 8.78 Å². The Labute approximate surface area is 93.9 Å². The van der Waals surface area contributed by atoms with Crippen LogP contribution in [0.2, 0.25) is 0 Å². The molecule has 0 aromatic heterocycles. The molecule has 0 aliphatic rings. The Morgan fingerprint density at radius 2 is 1.81 bits per heavy atom. The minimum Gasteiger partial charge on any atom is -0.345 e. The smallest absolute Gasteiger partial charge is 0.253 e. The molecule has 0 unspecified atom stereocenters. The lowest BCUT2D eigenvalue weighted by Gasteiger charge is -2.13. The number of amides is 1. The summed E-state index contributed by atoms with van der Waals surface area (Å²) in [6.45, 7) is 3.50. The largest absolute Gasteiger partial charge is 0.345 e. The van der Waals surface area contributed by atoms with Crippen molar-refractivity contribution in [1.82, 2.24) is 4.90 Å². The van der Waals surface area contributed by atoms with Gasteiger partial charge in [0.1, 0.15) is 0 Å². The number of nitrogens with zero attached hydrogens (tertiary/aromatic N) is 1. The highest BCUT2D eigenvalue weighted by atomic mass is 19.2. The molecule has 0 aliphatic carbocycles. The van der Waals surface area contributed by atoms with Gasteiger partial charge in [0.15, 0.2) is 11.6 Å². The summed E-state index contributed by atoms with van der Waals surface area (Å²) in [6.07, 6.45) is 0. The molecule has 0 aliphatic heterocycles. The monoisotopic (exact) mass is 227 g/mol. The molecule has 1 amide bonds. The van der Waals surface area contributed by atoms with Crippen molar-refractivity contribution in [1.29, 1.82) is 0 Å². The Morgan fingerprint density at radius 1 is 1.25 bits per heavy atom. The Bertz CT molecular complexity index is 414. The molecule has 0 saturated carbocycles. The molecule has 1 aromatic rings. The van der Waals surface area contributed by atoms with Crippen LogP contribution in [-0.4, -0.2) is 24.9 Å². The van der Waals surface area contributed by atoms with E-state index in [1.54, 1.807) is 27.9 Å². The summed E-state index contributed by atoms with van der Waals surface area (Å²) in [6, 6.07) is 2.34. The lowest BCUT2D eigenvalue weighted by molar-refractivity contribution is 0.0827. The number of rotatable bonds is 2. The summed E-state index contributed by atoms with van der Waals surface area (Å²) in [5, 5.41) is 0. The normalized spacial score (nSPS) is 10.7. The second-order valence-corrected chi connectivity index (χ2v) is 4.22. The summed E-state index contributed by atoms with van der Waals surface area (Å²) < 4.78 is 26.7. The molecule has 2 nitrogen and oxygen atoms in total. The van der Waals surface area contributed by atoms with E-state index in [0.29, 0.717) is 0 Å². The number of carbonyl (C=O) groups is 1. The first-order chi connectivity index (χ1) is 7.34. The topological polar surface area (TPSA) is 20.3 Å². The van der Waals surface area contributed by atoms with Crippen molar-refractivity contribution in [2.45, 2.75) is 19.8 Å². The molecule has 16 heavy (non-hydrogen) atoms. The molecule has 0 N–H and O–H groups in total. The Hall–Kier alpha value is -1.45. The van der Waals surface area contributed by atoms with Gasteiger partial charge in [0.05, 0.1) is 0 Å². The third kappa shape index (κ3) is 2.38. The molecule has 0 heterocycles. The van der Waals surface area contributed by atoms with Gasteiger partial charge in [-0.2, -0.15) is 0 Å². The van der Waals surface area contributed by atoms with Crippen molar-refractivity contribution in [2.24, 2.45) is 0 Å². The zero-order chi connectivity index (χ0) is 12.5. The zero-order valence-electron chi connectivity index (χ0n) is 9.84. The first-order valence-electron chi connectivity index (χ1n) is 5.05. The first kappa shape index (κ1) is 12.6. The first-order valence-corrected chi connectivity index (χ1v) is 5.05. The van der Waals surface area contributed by atoms with Crippen LogP contribution in [0.5, 0.6) is 0 Å². The van der Waals surface area contributed by atoms with Crippen LogP contribution >= 0.6 is 0 Å². The number of hydrogen-bond acceptors (Lipinski definition) is 1. The summed E-state index contributed by atoms with van der Waals surface area (Å²) in [7, 11) is 3.14. The summed E-state index contributed by atoms with van der Waals surface area (Å²) in [5.74, 6) is -2.34. The minimum atomic E-state index is -0.976. The van der Waals surface area contributed by atoms with E-state index >= 15 is 0 Å². The molecule has 1 aromatic carbocycles. The molecule has 0 saturated heterocycles. The van der Waals surface area contributed by atoms with Crippen molar-refractivity contribution < 1.29 is 13.6 Å². The van der Waals surface area contributed by atoms with E-state index < -0.39 is 11.6 Å². The maximum atomic E-state index is 13.4.